The average molecular weight is 263 g/mol. The molecule has 104 valence electrons. The van der Waals surface area contributed by atoms with Crippen LogP contribution in [0, 0.1) is 0 Å². The number of hydrogen-bond donors (Lipinski definition) is 2. The fraction of sp³-hybridized carbons (Fsp3) is 0.500. The molecule has 5 heteroatoms. The van der Waals surface area contributed by atoms with Gasteiger partial charge in [0.15, 0.2) is 0 Å². The number of nitrogens with one attached hydrogen (secondary N) is 2. The normalized spacial score (nSPS) is 18.5. The maximum Gasteiger partial charge on any atom is 0.318 e. The van der Waals surface area contributed by atoms with Gasteiger partial charge < -0.3 is 20.3 Å². The fourth-order valence-corrected chi connectivity index (χ4v) is 2.36. The smallest absolute Gasteiger partial charge is 0.318 e. The van der Waals surface area contributed by atoms with Crippen molar-refractivity contribution >= 4 is 6.03 Å². The molecule has 2 rings (SSSR count). The highest BCUT2D eigenvalue weighted by Gasteiger charge is 2.30. The molecule has 0 saturated carbocycles. The fourth-order valence-electron chi connectivity index (χ4n) is 2.36. The Kier molecular flexibility index (Phi) is 4.63. The number of urea groups is 1. The zero-order chi connectivity index (χ0) is 13.7. The molecule has 0 aliphatic carbocycles. The molecular formula is C14H21N3O2. The first-order valence-corrected chi connectivity index (χ1v) is 6.59. The van der Waals surface area contributed by atoms with E-state index in [1.54, 1.807) is 7.11 Å². The molecule has 0 bridgehead atoms. The Labute approximate surface area is 113 Å². The quantitative estimate of drug-likeness (QED) is 0.762. The molecule has 1 aromatic rings. The van der Waals surface area contributed by atoms with E-state index in [1.807, 2.05) is 36.2 Å². The number of carbonyl (C=O) groups is 1. The van der Waals surface area contributed by atoms with E-state index in [4.69, 9.17) is 4.74 Å². The van der Waals surface area contributed by atoms with E-state index in [1.165, 1.54) is 0 Å². The number of benzene rings is 1. The van der Waals surface area contributed by atoms with Gasteiger partial charge in [-0.2, -0.15) is 0 Å². The second-order valence-corrected chi connectivity index (χ2v) is 4.65. The molecule has 1 aliphatic rings. The summed E-state index contributed by atoms with van der Waals surface area (Å²) < 4.78 is 5.35. The van der Waals surface area contributed by atoms with Crippen molar-refractivity contribution in [1.82, 2.24) is 15.5 Å². The van der Waals surface area contributed by atoms with Crippen molar-refractivity contribution in [2.45, 2.75) is 12.5 Å². The Morgan fingerprint density at radius 1 is 1.47 bits per heavy atom. The Morgan fingerprint density at radius 2 is 2.26 bits per heavy atom. The average Bonchev–Trinajstić information content (AvgIpc) is 2.80. The van der Waals surface area contributed by atoms with Crippen molar-refractivity contribution < 1.29 is 9.53 Å². The summed E-state index contributed by atoms with van der Waals surface area (Å²) in [6, 6.07) is 7.84. The summed E-state index contributed by atoms with van der Waals surface area (Å²) in [7, 11) is 3.57. The van der Waals surface area contributed by atoms with Crippen LogP contribution in [-0.2, 0) is 0 Å². The van der Waals surface area contributed by atoms with Crippen molar-refractivity contribution in [2.24, 2.45) is 0 Å². The molecule has 1 aromatic carbocycles. The number of nitrogens with zero attached hydrogens (tertiary/aromatic N) is 1. The van der Waals surface area contributed by atoms with E-state index in [0.717, 1.165) is 30.8 Å². The van der Waals surface area contributed by atoms with Gasteiger partial charge in [0.2, 0.25) is 0 Å². The molecular weight excluding hydrogens is 242 g/mol. The SMILES string of the molecule is CNCCCN1CC(c2ccccc2OC)NC1=O. The third kappa shape index (κ3) is 3.17. The second kappa shape index (κ2) is 6.43. The van der Waals surface area contributed by atoms with E-state index in [2.05, 4.69) is 10.6 Å². The summed E-state index contributed by atoms with van der Waals surface area (Å²) in [6.45, 7) is 2.39. The maximum atomic E-state index is 11.9. The van der Waals surface area contributed by atoms with Gasteiger partial charge >= 0.3 is 6.03 Å². The minimum atomic E-state index is 0.00649. The summed E-state index contributed by atoms with van der Waals surface area (Å²) in [4.78, 5) is 13.8. The molecule has 19 heavy (non-hydrogen) atoms. The van der Waals surface area contributed by atoms with Crippen LogP contribution in [0.15, 0.2) is 24.3 Å². The highest BCUT2D eigenvalue weighted by Crippen LogP contribution is 2.28. The minimum absolute atomic E-state index is 0.00649. The Hall–Kier alpha value is -1.75. The Bertz CT molecular complexity index is 436. The number of hydrogen-bond acceptors (Lipinski definition) is 3. The van der Waals surface area contributed by atoms with E-state index in [9.17, 15) is 4.79 Å². The van der Waals surface area contributed by atoms with Gasteiger partial charge in [-0.05, 0) is 26.1 Å². The number of rotatable bonds is 6. The molecule has 2 N–H and O–H groups in total. The highest BCUT2D eigenvalue weighted by molar-refractivity contribution is 5.77. The van der Waals surface area contributed by atoms with Crippen LogP contribution in [0.5, 0.6) is 5.75 Å². The summed E-state index contributed by atoms with van der Waals surface area (Å²) in [5.41, 5.74) is 1.04. The third-order valence-electron chi connectivity index (χ3n) is 3.36. The number of methoxy groups -OCH3 is 1. The van der Waals surface area contributed by atoms with Gasteiger partial charge in [-0.15, -0.1) is 0 Å². The number of amides is 2. The molecule has 0 aromatic heterocycles. The predicted octanol–water partition coefficient (Wildman–Crippen LogP) is 1.37. The van der Waals surface area contributed by atoms with Gasteiger partial charge in [0, 0.05) is 18.7 Å². The van der Waals surface area contributed by atoms with E-state index < -0.39 is 0 Å². The lowest BCUT2D eigenvalue weighted by Gasteiger charge is -2.15. The Balaban J connectivity index is 2.01. The van der Waals surface area contributed by atoms with Crippen LogP contribution in [-0.4, -0.2) is 44.7 Å². The van der Waals surface area contributed by atoms with Gasteiger partial charge in [0.1, 0.15) is 5.75 Å². The van der Waals surface area contributed by atoms with Crippen molar-refractivity contribution in [3.8, 4) is 5.75 Å². The standard InChI is InChI=1S/C14H21N3O2/c1-15-8-5-9-17-10-12(16-14(17)18)11-6-3-4-7-13(11)19-2/h3-4,6-7,12,15H,5,8-10H2,1-2H3,(H,16,18). The van der Waals surface area contributed by atoms with Gasteiger partial charge in [-0.1, -0.05) is 18.2 Å². The maximum absolute atomic E-state index is 11.9. The zero-order valence-electron chi connectivity index (χ0n) is 11.5. The van der Waals surface area contributed by atoms with E-state index >= 15 is 0 Å². The molecule has 1 fully saturated rings. The lowest BCUT2D eigenvalue weighted by atomic mass is 10.1. The first kappa shape index (κ1) is 13.7. The van der Waals surface area contributed by atoms with Crippen LogP contribution in [0.2, 0.25) is 0 Å². The van der Waals surface area contributed by atoms with Gasteiger partial charge in [0.25, 0.3) is 0 Å². The van der Waals surface area contributed by atoms with E-state index in [-0.39, 0.29) is 12.1 Å². The molecule has 5 nitrogen and oxygen atoms in total. The summed E-state index contributed by atoms with van der Waals surface area (Å²) in [5.74, 6) is 0.824. The number of ether oxygens (including phenoxy) is 1. The van der Waals surface area contributed by atoms with Gasteiger partial charge in [-0.25, -0.2) is 4.79 Å². The van der Waals surface area contributed by atoms with Crippen LogP contribution < -0.4 is 15.4 Å². The van der Waals surface area contributed by atoms with Crippen molar-refractivity contribution in [2.75, 3.05) is 33.8 Å². The topological polar surface area (TPSA) is 53.6 Å². The molecule has 1 saturated heterocycles. The van der Waals surface area contributed by atoms with Gasteiger partial charge in [-0.3, -0.25) is 0 Å². The molecule has 1 atom stereocenters. The first-order valence-electron chi connectivity index (χ1n) is 6.59. The lowest BCUT2D eigenvalue weighted by Crippen LogP contribution is -2.30. The van der Waals surface area contributed by atoms with Crippen LogP contribution in [0.25, 0.3) is 0 Å². The predicted molar refractivity (Wildman–Crippen MR) is 74.4 cm³/mol. The van der Waals surface area contributed by atoms with E-state index in [0.29, 0.717) is 6.54 Å². The molecule has 0 radical (unpaired) electrons. The van der Waals surface area contributed by atoms with Crippen LogP contribution in [0.4, 0.5) is 4.79 Å². The first-order chi connectivity index (χ1) is 9.26. The lowest BCUT2D eigenvalue weighted by molar-refractivity contribution is 0.217. The molecule has 2 amide bonds. The van der Waals surface area contributed by atoms with Crippen molar-refractivity contribution in [1.29, 1.82) is 0 Å². The van der Waals surface area contributed by atoms with Crippen molar-refractivity contribution in [3.05, 3.63) is 29.8 Å². The highest BCUT2D eigenvalue weighted by atomic mass is 16.5. The van der Waals surface area contributed by atoms with Crippen molar-refractivity contribution in [3.63, 3.8) is 0 Å². The third-order valence-corrected chi connectivity index (χ3v) is 3.36. The summed E-state index contributed by atoms with van der Waals surface area (Å²) in [6.07, 6.45) is 0.961. The zero-order valence-corrected chi connectivity index (χ0v) is 11.5. The molecule has 1 unspecified atom stereocenters. The van der Waals surface area contributed by atoms with Gasteiger partial charge in [0.05, 0.1) is 13.2 Å². The minimum Gasteiger partial charge on any atom is -0.496 e. The molecule has 0 spiro atoms. The Morgan fingerprint density at radius 3 is 3.00 bits per heavy atom. The monoisotopic (exact) mass is 263 g/mol. The van der Waals surface area contributed by atoms with Crippen LogP contribution in [0.1, 0.15) is 18.0 Å². The summed E-state index contributed by atoms with van der Waals surface area (Å²) in [5, 5.41) is 6.10. The summed E-state index contributed by atoms with van der Waals surface area (Å²) >= 11 is 0. The molecule has 1 aliphatic heterocycles. The second-order valence-electron chi connectivity index (χ2n) is 4.65. The number of para-hydroxylation sites is 1. The van der Waals surface area contributed by atoms with Crippen LogP contribution in [0.3, 0.4) is 0 Å². The molecule has 1 heterocycles. The van der Waals surface area contributed by atoms with Crippen LogP contribution >= 0.6 is 0 Å². The number of carbonyl (C=O) groups excluding carboxylic acids is 1. The largest absolute Gasteiger partial charge is 0.496 e.